The molecule has 0 aliphatic carbocycles. The maximum absolute atomic E-state index is 12.4. The third kappa shape index (κ3) is 4.50. The van der Waals surface area contributed by atoms with Gasteiger partial charge >= 0.3 is 0 Å². The van der Waals surface area contributed by atoms with Gasteiger partial charge in [0.2, 0.25) is 17.6 Å². The van der Waals surface area contributed by atoms with Gasteiger partial charge in [-0.3, -0.25) is 9.59 Å². The fourth-order valence-corrected chi connectivity index (χ4v) is 3.13. The summed E-state index contributed by atoms with van der Waals surface area (Å²) in [5.41, 5.74) is 1.72. The molecule has 0 radical (unpaired) electrons. The van der Waals surface area contributed by atoms with Crippen molar-refractivity contribution in [2.24, 2.45) is 5.10 Å². The molecule has 10 heteroatoms. The molecule has 2 aromatic carbocycles. The minimum atomic E-state index is -0.428. The summed E-state index contributed by atoms with van der Waals surface area (Å²) in [6.45, 7) is -0.262. The summed E-state index contributed by atoms with van der Waals surface area (Å²) in [5, 5.41) is 12.7. The zero-order chi connectivity index (χ0) is 21.1. The Labute approximate surface area is 181 Å². The van der Waals surface area contributed by atoms with E-state index in [1.165, 1.54) is 6.07 Å². The van der Waals surface area contributed by atoms with Crippen LogP contribution in [0.5, 0.6) is 0 Å². The van der Waals surface area contributed by atoms with Crippen LogP contribution in [0.3, 0.4) is 0 Å². The van der Waals surface area contributed by atoms with Crippen LogP contribution in [-0.2, 0) is 9.59 Å². The van der Waals surface area contributed by atoms with Gasteiger partial charge in [0.05, 0.1) is 10.0 Å². The van der Waals surface area contributed by atoms with Gasteiger partial charge in [-0.2, -0.15) is 10.1 Å². The fraction of sp³-hybridized carbons (Fsp3) is 0.150. The topological polar surface area (TPSA) is 101 Å². The van der Waals surface area contributed by atoms with Crippen molar-refractivity contribution >= 4 is 46.4 Å². The first-order valence-corrected chi connectivity index (χ1v) is 9.77. The number of aromatic nitrogens is 2. The fourth-order valence-electron chi connectivity index (χ4n) is 2.83. The highest BCUT2D eigenvalue weighted by atomic mass is 35.5. The van der Waals surface area contributed by atoms with Crippen molar-refractivity contribution in [3.8, 4) is 11.4 Å². The average Bonchev–Trinajstić information content (AvgIpc) is 3.23. The number of carbonyl (C=O) groups excluding carboxylic acids is 2. The third-order valence-corrected chi connectivity index (χ3v) is 5.05. The number of carbonyl (C=O) groups is 2. The van der Waals surface area contributed by atoms with Crippen LogP contribution >= 0.6 is 23.2 Å². The SMILES string of the molecule is O=C(CN1N=C(c2nc(-c3ccccc3)no2)CCC1=O)Nc1ccc(Cl)c(Cl)c1. The van der Waals surface area contributed by atoms with Crippen molar-refractivity contribution in [2.75, 3.05) is 11.9 Å². The van der Waals surface area contributed by atoms with E-state index < -0.39 is 5.91 Å². The van der Waals surface area contributed by atoms with Crippen molar-refractivity contribution in [1.29, 1.82) is 0 Å². The second-order valence-corrected chi connectivity index (χ2v) is 7.28. The Hall–Kier alpha value is -3.23. The van der Waals surface area contributed by atoms with Crippen LogP contribution in [0, 0.1) is 0 Å². The van der Waals surface area contributed by atoms with Gasteiger partial charge in [0.1, 0.15) is 12.3 Å². The number of nitrogens with zero attached hydrogens (tertiary/aromatic N) is 4. The minimum absolute atomic E-state index is 0.182. The number of benzene rings is 2. The van der Waals surface area contributed by atoms with Gasteiger partial charge in [0.15, 0.2) is 0 Å². The minimum Gasteiger partial charge on any atom is -0.332 e. The molecule has 0 spiro atoms. The van der Waals surface area contributed by atoms with Gasteiger partial charge < -0.3 is 9.84 Å². The summed E-state index contributed by atoms with van der Waals surface area (Å²) in [4.78, 5) is 28.9. The van der Waals surface area contributed by atoms with Crippen LogP contribution in [0.1, 0.15) is 18.7 Å². The maximum atomic E-state index is 12.4. The lowest BCUT2D eigenvalue weighted by Crippen LogP contribution is -2.38. The van der Waals surface area contributed by atoms with E-state index >= 15 is 0 Å². The van der Waals surface area contributed by atoms with Gasteiger partial charge in [-0.05, 0) is 18.2 Å². The summed E-state index contributed by atoms with van der Waals surface area (Å²) >= 11 is 11.8. The predicted octanol–water partition coefficient (Wildman–Crippen LogP) is 4.01. The van der Waals surface area contributed by atoms with Crippen LogP contribution in [0.2, 0.25) is 10.0 Å². The first-order valence-electron chi connectivity index (χ1n) is 9.02. The molecule has 1 aliphatic rings. The molecule has 0 saturated heterocycles. The van der Waals surface area contributed by atoms with Crippen molar-refractivity contribution in [3.63, 3.8) is 0 Å². The molecule has 2 heterocycles. The molecule has 0 atom stereocenters. The monoisotopic (exact) mass is 443 g/mol. The van der Waals surface area contributed by atoms with Crippen LogP contribution in [0.4, 0.5) is 5.69 Å². The number of anilines is 1. The summed E-state index contributed by atoms with van der Waals surface area (Å²) < 4.78 is 5.31. The second kappa shape index (κ2) is 8.64. The van der Waals surface area contributed by atoms with E-state index in [1.54, 1.807) is 12.1 Å². The largest absolute Gasteiger partial charge is 0.332 e. The van der Waals surface area contributed by atoms with Gasteiger partial charge in [-0.1, -0.05) is 58.7 Å². The maximum Gasteiger partial charge on any atom is 0.274 e. The number of hydrogen-bond donors (Lipinski definition) is 1. The standard InChI is InChI=1S/C20H15Cl2N5O3/c21-14-7-6-13(10-15(14)22)23-17(28)11-27-18(29)9-8-16(25-27)20-24-19(26-30-20)12-4-2-1-3-5-12/h1-7,10H,8-9,11H2,(H,23,28). The molecule has 0 unspecified atom stereocenters. The Morgan fingerprint density at radius 1 is 1.10 bits per heavy atom. The Kier molecular flexibility index (Phi) is 5.78. The zero-order valence-electron chi connectivity index (χ0n) is 15.5. The molecule has 30 heavy (non-hydrogen) atoms. The molecule has 152 valence electrons. The van der Waals surface area contributed by atoms with Crippen molar-refractivity contribution in [1.82, 2.24) is 15.1 Å². The molecule has 0 bridgehead atoms. The van der Waals surface area contributed by atoms with Crippen molar-refractivity contribution in [3.05, 3.63) is 64.5 Å². The smallest absolute Gasteiger partial charge is 0.274 e. The quantitative estimate of drug-likeness (QED) is 0.641. The molecule has 4 rings (SSSR count). The lowest BCUT2D eigenvalue weighted by molar-refractivity contribution is -0.135. The second-order valence-electron chi connectivity index (χ2n) is 6.46. The number of rotatable bonds is 5. The number of hydrazone groups is 1. The lowest BCUT2D eigenvalue weighted by atomic mass is 10.1. The van der Waals surface area contributed by atoms with E-state index in [-0.39, 0.29) is 24.8 Å². The van der Waals surface area contributed by atoms with E-state index in [4.69, 9.17) is 27.7 Å². The highest BCUT2D eigenvalue weighted by molar-refractivity contribution is 6.42. The molecular weight excluding hydrogens is 429 g/mol. The van der Waals surface area contributed by atoms with Crippen molar-refractivity contribution < 1.29 is 14.1 Å². The molecule has 1 aliphatic heterocycles. The van der Waals surface area contributed by atoms with Crippen LogP contribution in [-0.4, -0.2) is 39.2 Å². The first-order chi connectivity index (χ1) is 14.5. The van der Waals surface area contributed by atoms with E-state index in [9.17, 15) is 9.59 Å². The van der Waals surface area contributed by atoms with Gasteiger partial charge in [-0.25, -0.2) is 5.01 Å². The normalized spacial score (nSPS) is 13.9. The van der Waals surface area contributed by atoms with E-state index in [2.05, 4.69) is 20.6 Å². The highest BCUT2D eigenvalue weighted by Crippen LogP contribution is 2.25. The Balaban J connectivity index is 1.47. The van der Waals surface area contributed by atoms with Gasteiger partial charge in [0, 0.05) is 24.1 Å². The molecule has 1 N–H and O–H groups in total. The van der Waals surface area contributed by atoms with Gasteiger partial charge in [-0.15, -0.1) is 0 Å². The predicted molar refractivity (Wildman–Crippen MR) is 112 cm³/mol. The Morgan fingerprint density at radius 2 is 1.90 bits per heavy atom. The number of nitrogens with one attached hydrogen (secondary N) is 1. The van der Waals surface area contributed by atoms with E-state index in [0.29, 0.717) is 33.7 Å². The Bertz CT molecular complexity index is 1130. The first kappa shape index (κ1) is 20.1. The van der Waals surface area contributed by atoms with Crippen molar-refractivity contribution in [2.45, 2.75) is 12.8 Å². The zero-order valence-corrected chi connectivity index (χ0v) is 17.0. The van der Waals surface area contributed by atoms with E-state index in [1.807, 2.05) is 30.3 Å². The summed E-state index contributed by atoms with van der Waals surface area (Å²) in [6, 6.07) is 14.1. The third-order valence-electron chi connectivity index (χ3n) is 4.31. The number of halogens is 2. The molecule has 2 amide bonds. The molecule has 8 nitrogen and oxygen atoms in total. The summed E-state index contributed by atoms with van der Waals surface area (Å²) in [6.07, 6.45) is 0.530. The molecule has 0 fully saturated rings. The Morgan fingerprint density at radius 3 is 2.67 bits per heavy atom. The van der Waals surface area contributed by atoms with Crippen LogP contribution < -0.4 is 5.32 Å². The molecular formula is C20H15Cl2N5O3. The molecule has 1 aromatic heterocycles. The highest BCUT2D eigenvalue weighted by Gasteiger charge is 2.26. The summed E-state index contributed by atoms with van der Waals surface area (Å²) in [5.74, 6) is -0.0570. The molecule has 0 saturated carbocycles. The lowest BCUT2D eigenvalue weighted by Gasteiger charge is -2.21. The number of hydrogen-bond acceptors (Lipinski definition) is 6. The summed E-state index contributed by atoms with van der Waals surface area (Å²) in [7, 11) is 0. The van der Waals surface area contributed by atoms with Crippen LogP contribution in [0.25, 0.3) is 11.4 Å². The van der Waals surface area contributed by atoms with Gasteiger partial charge in [0.25, 0.3) is 5.89 Å². The van der Waals surface area contributed by atoms with Crippen LogP contribution in [0.15, 0.2) is 58.2 Å². The molecule has 3 aromatic rings. The average molecular weight is 444 g/mol. The number of amides is 2. The van der Waals surface area contributed by atoms with E-state index in [0.717, 1.165) is 10.6 Å².